The van der Waals surface area contributed by atoms with Crippen LogP contribution < -0.4 is 10.6 Å². The van der Waals surface area contributed by atoms with Gasteiger partial charge < -0.3 is 20.5 Å². The molecule has 0 fully saturated rings. The largest absolute Gasteiger partial charge is 0.389 e. The summed E-state index contributed by atoms with van der Waals surface area (Å²) in [5, 5.41) is 18.9. The molecule has 1 heterocycles. The lowest BCUT2D eigenvalue weighted by atomic mass is 10.1. The zero-order valence-corrected chi connectivity index (χ0v) is 17.2. The molecule has 3 unspecified atom stereocenters. The Morgan fingerprint density at radius 3 is 2.59 bits per heavy atom. The number of aliphatic hydroxyl groups is 1. The van der Waals surface area contributed by atoms with E-state index in [9.17, 15) is 5.11 Å². The summed E-state index contributed by atoms with van der Waals surface area (Å²) in [7, 11) is 0. The maximum atomic E-state index is 10.2. The Morgan fingerprint density at radius 1 is 1.15 bits per heavy atom. The second-order valence-electron chi connectivity index (χ2n) is 6.56. The van der Waals surface area contributed by atoms with Gasteiger partial charge in [-0.25, -0.2) is 0 Å². The minimum atomic E-state index is -0.638. The quantitative estimate of drug-likeness (QED) is 0.429. The highest BCUT2D eigenvalue weighted by Crippen LogP contribution is 2.19. The number of nitrogens with one attached hydrogen (secondary N) is 2. The number of benzene rings is 1. The lowest BCUT2D eigenvalue weighted by Crippen LogP contribution is -2.39. The van der Waals surface area contributed by atoms with E-state index < -0.39 is 6.10 Å². The number of nitrogens with zero attached hydrogens (tertiary/aromatic N) is 1. The van der Waals surface area contributed by atoms with Gasteiger partial charge in [-0.05, 0) is 30.9 Å². The molecule has 0 radical (unpaired) electrons. The number of aliphatic imine (C=N–C) groups is 1. The molecule has 0 aliphatic rings. The van der Waals surface area contributed by atoms with Crippen LogP contribution in [0, 0.1) is 0 Å². The molecule has 2 rings (SSSR count). The van der Waals surface area contributed by atoms with Crippen LogP contribution in [0.15, 0.2) is 52.8 Å². The Hall–Kier alpha value is -1.89. The average Bonchev–Trinajstić information content (AvgIpc) is 3.23. The van der Waals surface area contributed by atoms with Crippen molar-refractivity contribution in [2.24, 2.45) is 4.99 Å². The fraction of sp³-hybridized carbons (Fsp3) is 0.476. The first-order valence-electron chi connectivity index (χ1n) is 9.50. The van der Waals surface area contributed by atoms with Gasteiger partial charge in [0.05, 0.1) is 25.4 Å². The number of ether oxygens (including phenoxy) is 1. The van der Waals surface area contributed by atoms with Crippen LogP contribution in [0.1, 0.15) is 43.2 Å². The highest BCUT2D eigenvalue weighted by Gasteiger charge is 2.11. The first-order valence-corrected chi connectivity index (χ1v) is 10.4. The van der Waals surface area contributed by atoms with Crippen LogP contribution in [-0.2, 0) is 4.74 Å². The average molecular weight is 390 g/mol. The summed E-state index contributed by atoms with van der Waals surface area (Å²) < 4.78 is 5.77. The van der Waals surface area contributed by atoms with Gasteiger partial charge in [0.15, 0.2) is 5.96 Å². The molecule has 3 atom stereocenters. The van der Waals surface area contributed by atoms with E-state index in [0.29, 0.717) is 12.5 Å². The van der Waals surface area contributed by atoms with E-state index in [1.807, 2.05) is 44.2 Å². The molecule has 0 aliphatic carbocycles. The molecule has 0 bridgehead atoms. The van der Waals surface area contributed by atoms with Crippen molar-refractivity contribution in [3.8, 4) is 0 Å². The van der Waals surface area contributed by atoms with Crippen LogP contribution in [0.3, 0.4) is 0 Å². The second kappa shape index (κ2) is 11.7. The number of thiophene rings is 1. The molecular formula is C21H31N3O2S. The first kappa shape index (κ1) is 21.4. The SMILES string of the molecule is CCNC(=NCC(O)COC(C)c1ccccc1)NCC(C)c1cccs1. The minimum absolute atomic E-state index is 0.0529. The van der Waals surface area contributed by atoms with Crippen molar-refractivity contribution in [2.45, 2.75) is 38.9 Å². The normalized spacial score (nSPS) is 15.2. The Labute approximate surface area is 166 Å². The molecule has 0 saturated carbocycles. The van der Waals surface area contributed by atoms with Crippen molar-refractivity contribution >= 4 is 17.3 Å². The van der Waals surface area contributed by atoms with E-state index in [1.165, 1.54) is 4.88 Å². The van der Waals surface area contributed by atoms with Crippen molar-refractivity contribution in [3.05, 3.63) is 58.3 Å². The summed E-state index contributed by atoms with van der Waals surface area (Å²) >= 11 is 1.76. The first-order chi connectivity index (χ1) is 13.1. The molecule has 5 nitrogen and oxygen atoms in total. The maximum Gasteiger partial charge on any atom is 0.191 e. The zero-order chi connectivity index (χ0) is 19.5. The van der Waals surface area contributed by atoms with Gasteiger partial charge in [0.2, 0.25) is 0 Å². The Kier molecular flexibility index (Phi) is 9.31. The number of hydrogen-bond acceptors (Lipinski definition) is 4. The smallest absolute Gasteiger partial charge is 0.191 e. The van der Waals surface area contributed by atoms with E-state index in [4.69, 9.17) is 4.74 Å². The van der Waals surface area contributed by atoms with Crippen LogP contribution in [-0.4, -0.2) is 43.4 Å². The van der Waals surface area contributed by atoms with Crippen molar-refractivity contribution in [1.29, 1.82) is 0 Å². The number of guanidine groups is 1. The summed E-state index contributed by atoms with van der Waals surface area (Å²) in [6.07, 6.45) is -0.691. The van der Waals surface area contributed by atoms with Crippen molar-refractivity contribution < 1.29 is 9.84 Å². The highest BCUT2D eigenvalue weighted by molar-refractivity contribution is 7.10. The number of aliphatic hydroxyl groups excluding tert-OH is 1. The fourth-order valence-corrected chi connectivity index (χ4v) is 3.38. The standard InChI is InChI=1S/C21H31N3O2S/c1-4-22-21(23-13-16(2)20-11-8-12-27-20)24-14-19(25)15-26-17(3)18-9-6-5-7-10-18/h5-12,16-17,19,25H,4,13-15H2,1-3H3,(H2,22,23,24). The van der Waals surface area contributed by atoms with Crippen molar-refractivity contribution in [1.82, 2.24) is 10.6 Å². The second-order valence-corrected chi connectivity index (χ2v) is 7.54. The van der Waals surface area contributed by atoms with Crippen LogP contribution in [0.5, 0.6) is 0 Å². The van der Waals surface area contributed by atoms with Crippen LogP contribution in [0.25, 0.3) is 0 Å². The van der Waals surface area contributed by atoms with Gasteiger partial charge in [-0.2, -0.15) is 0 Å². The molecule has 3 N–H and O–H groups in total. The van der Waals surface area contributed by atoms with Gasteiger partial charge >= 0.3 is 0 Å². The van der Waals surface area contributed by atoms with E-state index >= 15 is 0 Å². The topological polar surface area (TPSA) is 65.9 Å². The Bertz CT molecular complexity index is 661. The van der Waals surface area contributed by atoms with Crippen LogP contribution in [0.4, 0.5) is 0 Å². The van der Waals surface area contributed by atoms with Crippen molar-refractivity contribution in [3.63, 3.8) is 0 Å². The molecule has 2 aromatic rings. The molecule has 27 heavy (non-hydrogen) atoms. The molecule has 0 amide bonds. The highest BCUT2D eigenvalue weighted by atomic mass is 32.1. The lowest BCUT2D eigenvalue weighted by molar-refractivity contribution is 0.00111. The van der Waals surface area contributed by atoms with Gasteiger partial charge in [-0.15, -0.1) is 11.3 Å². The molecule has 0 spiro atoms. The monoisotopic (exact) mass is 389 g/mol. The van der Waals surface area contributed by atoms with Crippen LogP contribution in [0.2, 0.25) is 0 Å². The van der Waals surface area contributed by atoms with Gasteiger partial charge in [0.25, 0.3) is 0 Å². The predicted molar refractivity (Wildman–Crippen MR) is 114 cm³/mol. The lowest BCUT2D eigenvalue weighted by Gasteiger charge is -2.17. The molecule has 1 aromatic heterocycles. The van der Waals surface area contributed by atoms with Gasteiger partial charge in [0.1, 0.15) is 0 Å². The Morgan fingerprint density at radius 2 is 1.93 bits per heavy atom. The fourth-order valence-electron chi connectivity index (χ4n) is 2.59. The van der Waals surface area contributed by atoms with Crippen LogP contribution >= 0.6 is 11.3 Å². The molecule has 148 valence electrons. The zero-order valence-electron chi connectivity index (χ0n) is 16.4. The third kappa shape index (κ3) is 7.71. The summed E-state index contributed by atoms with van der Waals surface area (Å²) in [6, 6.07) is 14.2. The summed E-state index contributed by atoms with van der Waals surface area (Å²) in [5.74, 6) is 1.13. The van der Waals surface area contributed by atoms with Gasteiger partial charge in [-0.3, -0.25) is 4.99 Å². The summed E-state index contributed by atoms with van der Waals surface area (Å²) in [5.41, 5.74) is 1.10. The van der Waals surface area contributed by atoms with Gasteiger partial charge in [0, 0.05) is 23.9 Å². The molecule has 6 heteroatoms. The van der Waals surface area contributed by atoms with E-state index in [1.54, 1.807) is 11.3 Å². The number of rotatable bonds is 10. The third-order valence-electron chi connectivity index (χ3n) is 4.22. The van der Waals surface area contributed by atoms with E-state index in [0.717, 1.165) is 24.6 Å². The number of hydrogen-bond donors (Lipinski definition) is 3. The third-order valence-corrected chi connectivity index (χ3v) is 5.32. The minimum Gasteiger partial charge on any atom is -0.389 e. The Balaban J connectivity index is 1.77. The van der Waals surface area contributed by atoms with E-state index in [-0.39, 0.29) is 12.7 Å². The summed E-state index contributed by atoms with van der Waals surface area (Å²) in [4.78, 5) is 5.83. The molecule has 1 aromatic carbocycles. The summed E-state index contributed by atoms with van der Waals surface area (Å²) in [6.45, 7) is 8.33. The van der Waals surface area contributed by atoms with Crippen molar-refractivity contribution in [2.75, 3.05) is 26.2 Å². The maximum absolute atomic E-state index is 10.2. The predicted octanol–water partition coefficient (Wildman–Crippen LogP) is 3.55. The van der Waals surface area contributed by atoms with E-state index in [2.05, 4.69) is 40.1 Å². The molecule has 0 aliphatic heterocycles. The molecule has 0 saturated heterocycles. The van der Waals surface area contributed by atoms with Gasteiger partial charge in [-0.1, -0.05) is 43.3 Å². The molecular weight excluding hydrogens is 358 g/mol.